The topological polar surface area (TPSA) is 120 Å². The molecule has 10 heteroatoms. The number of primary amides is 1. The van der Waals surface area contributed by atoms with Crippen LogP contribution in [-0.2, 0) is 17.8 Å². The highest BCUT2D eigenvalue weighted by molar-refractivity contribution is 5.92. The second-order valence-corrected chi connectivity index (χ2v) is 9.60. The summed E-state index contributed by atoms with van der Waals surface area (Å²) in [5.74, 6) is -2.74. The fourth-order valence-electron chi connectivity index (χ4n) is 4.90. The van der Waals surface area contributed by atoms with Gasteiger partial charge in [0.25, 0.3) is 11.5 Å². The van der Waals surface area contributed by atoms with Crippen LogP contribution in [-0.4, -0.2) is 26.3 Å². The highest BCUT2D eigenvalue weighted by atomic mass is 19.1. The molecule has 206 valence electrons. The van der Waals surface area contributed by atoms with Crippen molar-refractivity contribution in [3.63, 3.8) is 0 Å². The summed E-state index contributed by atoms with van der Waals surface area (Å²) >= 11 is 0. The summed E-state index contributed by atoms with van der Waals surface area (Å²) in [6.45, 7) is 1.53. The van der Waals surface area contributed by atoms with E-state index in [1.54, 1.807) is 30.3 Å². The van der Waals surface area contributed by atoms with Gasteiger partial charge in [-0.15, -0.1) is 0 Å². The SMILES string of the molecule is Cc1cc(=O)n(CC(=O)NC(Cc2cc(F)cc(F)c2)c2ncccc2-c2ccnc(C(N)=O)c2)c2ccccc12. The Labute approximate surface area is 233 Å². The Balaban J connectivity index is 1.55. The number of amides is 2. The van der Waals surface area contributed by atoms with Crippen LogP contribution in [0.3, 0.4) is 0 Å². The maximum atomic E-state index is 14.1. The van der Waals surface area contributed by atoms with E-state index in [4.69, 9.17) is 5.73 Å². The minimum atomic E-state index is -0.863. The van der Waals surface area contributed by atoms with E-state index in [0.717, 1.165) is 17.0 Å². The molecule has 0 saturated carbocycles. The maximum Gasteiger partial charge on any atom is 0.267 e. The van der Waals surface area contributed by atoms with Crippen LogP contribution in [0.1, 0.15) is 33.4 Å². The molecule has 41 heavy (non-hydrogen) atoms. The van der Waals surface area contributed by atoms with Gasteiger partial charge in [-0.3, -0.25) is 28.9 Å². The molecule has 0 aliphatic heterocycles. The normalized spacial score (nSPS) is 11.8. The molecule has 0 radical (unpaired) electrons. The number of nitrogens with zero attached hydrogens (tertiary/aromatic N) is 3. The summed E-state index contributed by atoms with van der Waals surface area (Å²) < 4.78 is 29.6. The summed E-state index contributed by atoms with van der Waals surface area (Å²) in [6, 6.07) is 17.6. The maximum absolute atomic E-state index is 14.1. The molecule has 0 aliphatic carbocycles. The standard InChI is InChI=1S/C31H25F2N5O3/c1-18-11-29(40)38(27-7-3-2-5-23(18)27)17-28(39)37-25(14-19-12-21(32)16-22(33)13-19)30-24(6-4-9-36-30)20-8-10-35-26(15-20)31(34)41/h2-13,15-16,25H,14,17H2,1H3,(H2,34,41)(H,37,39). The van der Waals surface area contributed by atoms with Crippen molar-refractivity contribution >= 4 is 22.7 Å². The molecule has 0 fully saturated rings. The number of nitrogens with one attached hydrogen (secondary N) is 1. The minimum Gasteiger partial charge on any atom is -0.364 e. The van der Waals surface area contributed by atoms with Crippen molar-refractivity contribution in [3.8, 4) is 11.1 Å². The van der Waals surface area contributed by atoms with Gasteiger partial charge in [0, 0.05) is 35.5 Å². The first-order valence-corrected chi connectivity index (χ1v) is 12.7. The average molecular weight is 554 g/mol. The molecular weight excluding hydrogens is 528 g/mol. The Bertz CT molecular complexity index is 1830. The van der Waals surface area contributed by atoms with E-state index >= 15 is 0 Å². The first-order chi connectivity index (χ1) is 19.7. The van der Waals surface area contributed by atoms with Gasteiger partial charge < -0.3 is 11.1 Å². The second kappa shape index (κ2) is 11.5. The monoisotopic (exact) mass is 553 g/mol. The van der Waals surface area contributed by atoms with Crippen LogP contribution in [0.25, 0.3) is 22.0 Å². The van der Waals surface area contributed by atoms with E-state index in [-0.39, 0.29) is 29.8 Å². The number of para-hydroxylation sites is 1. The van der Waals surface area contributed by atoms with E-state index in [1.165, 1.54) is 41.2 Å². The van der Waals surface area contributed by atoms with Gasteiger partial charge in [-0.1, -0.05) is 24.3 Å². The molecule has 8 nitrogen and oxygen atoms in total. The van der Waals surface area contributed by atoms with Gasteiger partial charge in [0.1, 0.15) is 23.9 Å². The number of carbonyl (C=O) groups is 2. The molecule has 3 N–H and O–H groups in total. The van der Waals surface area contributed by atoms with Crippen LogP contribution >= 0.6 is 0 Å². The summed E-state index contributed by atoms with van der Waals surface area (Å²) in [5.41, 5.74) is 8.29. The van der Waals surface area contributed by atoms with Crippen molar-refractivity contribution in [3.05, 3.63) is 130 Å². The van der Waals surface area contributed by atoms with E-state index in [2.05, 4.69) is 15.3 Å². The van der Waals surface area contributed by atoms with Crippen molar-refractivity contribution in [2.45, 2.75) is 25.9 Å². The zero-order chi connectivity index (χ0) is 29.1. The zero-order valence-electron chi connectivity index (χ0n) is 22.0. The third kappa shape index (κ3) is 6.01. The number of benzene rings is 2. The Hall–Kier alpha value is -5.25. The van der Waals surface area contributed by atoms with Crippen molar-refractivity contribution < 1.29 is 18.4 Å². The highest BCUT2D eigenvalue weighted by Gasteiger charge is 2.23. The van der Waals surface area contributed by atoms with Gasteiger partial charge >= 0.3 is 0 Å². The molecule has 5 rings (SSSR count). The summed E-state index contributed by atoms with van der Waals surface area (Å²) in [4.78, 5) is 46.6. The highest BCUT2D eigenvalue weighted by Crippen LogP contribution is 2.29. The number of pyridine rings is 3. The van der Waals surface area contributed by atoms with E-state index in [0.29, 0.717) is 22.3 Å². The van der Waals surface area contributed by atoms with Crippen LogP contribution < -0.4 is 16.6 Å². The first-order valence-electron chi connectivity index (χ1n) is 12.7. The van der Waals surface area contributed by atoms with E-state index < -0.39 is 29.5 Å². The quantitative estimate of drug-likeness (QED) is 0.298. The van der Waals surface area contributed by atoms with Crippen LogP contribution in [0.15, 0.2) is 90.0 Å². The zero-order valence-corrected chi connectivity index (χ0v) is 22.0. The molecule has 1 unspecified atom stereocenters. The van der Waals surface area contributed by atoms with Gasteiger partial charge in [-0.05, 0) is 66.4 Å². The number of fused-ring (bicyclic) bond motifs is 1. The van der Waals surface area contributed by atoms with Gasteiger partial charge in [0.15, 0.2) is 0 Å². The molecular formula is C31H25F2N5O3. The number of nitrogens with two attached hydrogens (primary N) is 1. The summed E-state index contributed by atoms with van der Waals surface area (Å²) in [5, 5.41) is 3.74. The largest absolute Gasteiger partial charge is 0.364 e. The molecule has 3 heterocycles. The van der Waals surface area contributed by atoms with Crippen LogP contribution in [0.4, 0.5) is 8.78 Å². The lowest BCUT2D eigenvalue weighted by Gasteiger charge is -2.22. The van der Waals surface area contributed by atoms with Crippen molar-refractivity contribution in [2.75, 3.05) is 0 Å². The van der Waals surface area contributed by atoms with Gasteiger partial charge in [-0.2, -0.15) is 0 Å². The fraction of sp³-hybridized carbons (Fsp3) is 0.129. The smallest absolute Gasteiger partial charge is 0.267 e. The third-order valence-corrected chi connectivity index (χ3v) is 6.72. The second-order valence-electron chi connectivity index (χ2n) is 9.60. The first kappa shape index (κ1) is 27.3. The number of hydrogen-bond donors (Lipinski definition) is 2. The lowest BCUT2D eigenvalue weighted by molar-refractivity contribution is -0.122. The number of carbonyl (C=O) groups excluding carboxylic acids is 2. The predicted molar refractivity (Wildman–Crippen MR) is 150 cm³/mol. The Morgan fingerprint density at radius 2 is 1.71 bits per heavy atom. The minimum absolute atomic E-state index is 0.0122. The molecule has 3 aromatic heterocycles. The van der Waals surface area contributed by atoms with Crippen LogP contribution in [0.2, 0.25) is 0 Å². The van der Waals surface area contributed by atoms with Crippen molar-refractivity contribution in [2.24, 2.45) is 5.73 Å². The molecule has 0 aliphatic rings. The summed E-state index contributed by atoms with van der Waals surface area (Å²) in [7, 11) is 0. The molecule has 5 aromatic rings. The molecule has 0 saturated heterocycles. The van der Waals surface area contributed by atoms with Crippen molar-refractivity contribution in [1.82, 2.24) is 19.9 Å². The van der Waals surface area contributed by atoms with Gasteiger partial charge in [0.05, 0.1) is 17.3 Å². The summed E-state index contributed by atoms with van der Waals surface area (Å²) in [6.07, 6.45) is 2.94. The Morgan fingerprint density at radius 3 is 2.46 bits per heavy atom. The lowest BCUT2D eigenvalue weighted by atomic mass is 9.95. The Morgan fingerprint density at radius 1 is 0.951 bits per heavy atom. The van der Waals surface area contributed by atoms with Crippen LogP contribution in [0.5, 0.6) is 0 Å². The molecule has 0 bridgehead atoms. The predicted octanol–water partition coefficient (Wildman–Crippen LogP) is 4.24. The third-order valence-electron chi connectivity index (χ3n) is 6.72. The van der Waals surface area contributed by atoms with E-state index in [9.17, 15) is 23.2 Å². The average Bonchev–Trinajstić information content (AvgIpc) is 2.94. The fourth-order valence-corrected chi connectivity index (χ4v) is 4.90. The van der Waals surface area contributed by atoms with Gasteiger partial charge in [0.2, 0.25) is 5.91 Å². The number of aromatic nitrogens is 3. The number of aryl methyl sites for hydroxylation is 1. The number of rotatable bonds is 8. The van der Waals surface area contributed by atoms with Gasteiger partial charge in [-0.25, -0.2) is 8.78 Å². The number of halogens is 2. The van der Waals surface area contributed by atoms with E-state index in [1.807, 2.05) is 19.1 Å². The molecule has 2 amide bonds. The Kier molecular flexibility index (Phi) is 7.64. The molecule has 0 spiro atoms. The van der Waals surface area contributed by atoms with Crippen molar-refractivity contribution in [1.29, 1.82) is 0 Å². The van der Waals surface area contributed by atoms with Crippen LogP contribution in [0, 0.1) is 18.6 Å². The molecule has 2 aromatic carbocycles. The number of hydrogen-bond acceptors (Lipinski definition) is 5. The molecule has 1 atom stereocenters. The lowest BCUT2D eigenvalue weighted by Crippen LogP contribution is -2.36.